The quantitative estimate of drug-likeness (QED) is 0.838. The molecule has 1 fully saturated rings. The summed E-state index contributed by atoms with van der Waals surface area (Å²) in [6.07, 6.45) is 6.36. The first-order chi connectivity index (χ1) is 8.22. The molecule has 1 saturated carbocycles. The molecular formula is C12H15N3O2. The van der Waals surface area contributed by atoms with E-state index >= 15 is 0 Å². The van der Waals surface area contributed by atoms with Crippen LogP contribution in [0.25, 0.3) is 0 Å². The number of methoxy groups -OCH3 is 1. The second-order valence-corrected chi connectivity index (χ2v) is 4.35. The van der Waals surface area contributed by atoms with E-state index in [-0.39, 0.29) is 11.1 Å². The molecule has 1 aromatic heterocycles. The highest BCUT2D eigenvalue weighted by Crippen LogP contribution is 2.37. The molecule has 0 saturated heterocycles. The van der Waals surface area contributed by atoms with Crippen molar-refractivity contribution in [3.8, 4) is 6.07 Å². The first-order valence-electron chi connectivity index (χ1n) is 5.77. The molecule has 5 nitrogen and oxygen atoms in total. The molecule has 1 aromatic rings. The summed E-state index contributed by atoms with van der Waals surface area (Å²) in [5.74, 6) is 0.545. The fraction of sp³-hybridized carbons (Fsp3) is 0.583. The third-order valence-corrected chi connectivity index (χ3v) is 3.40. The number of nitriles is 1. The molecule has 0 amide bonds. The fourth-order valence-corrected chi connectivity index (χ4v) is 2.37. The highest BCUT2D eigenvalue weighted by atomic mass is 16.5. The summed E-state index contributed by atoms with van der Waals surface area (Å²) in [4.78, 5) is 18.4. The van der Waals surface area contributed by atoms with E-state index in [1.54, 1.807) is 7.11 Å². The molecule has 90 valence electrons. The van der Waals surface area contributed by atoms with E-state index in [9.17, 15) is 4.79 Å². The van der Waals surface area contributed by atoms with Gasteiger partial charge in [0.1, 0.15) is 23.1 Å². The summed E-state index contributed by atoms with van der Waals surface area (Å²) in [5, 5.41) is 8.70. The summed E-state index contributed by atoms with van der Waals surface area (Å²) in [5.41, 5.74) is -0.832. The van der Waals surface area contributed by atoms with Crippen molar-refractivity contribution in [3.63, 3.8) is 0 Å². The zero-order valence-electron chi connectivity index (χ0n) is 9.82. The van der Waals surface area contributed by atoms with Gasteiger partial charge in [-0.05, 0) is 12.8 Å². The minimum Gasteiger partial charge on any atom is -0.370 e. The third-order valence-electron chi connectivity index (χ3n) is 3.40. The van der Waals surface area contributed by atoms with Gasteiger partial charge in [-0.2, -0.15) is 5.26 Å². The van der Waals surface area contributed by atoms with E-state index in [1.807, 2.05) is 6.07 Å². The first kappa shape index (κ1) is 11.8. The maximum Gasteiger partial charge on any atom is 0.268 e. The molecular weight excluding hydrogens is 218 g/mol. The molecule has 0 aromatic carbocycles. The molecule has 1 aliphatic carbocycles. The van der Waals surface area contributed by atoms with Crippen molar-refractivity contribution in [1.29, 1.82) is 5.26 Å². The largest absolute Gasteiger partial charge is 0.370 e. The molecule has 17 heavy (non-hydrogen) atoms. The van der Waals surface area contributed by atoms with Crippen LogP contribution in [0.5, 0.6) is 0 Å². The van der Waals surface area contributed by atoms with Crippen LogP contribution in [0.1, 0.15) is 43.5 Å². The van der Waals surface area contributed by atoms with Crippen molar-refractivity contribution in [2.75, 3.05) is 7.11 Å². The summed E-state index contributed by atoms with van der Waals surface area (Å²) in [6, 6.07) is 1.81. The normalized spacial score (nSPS) is 18.6. The van der Waals surface area contributed by atoms with Crippen LogP contribution in [0.15, 0.2) is 11.0 Å². The number of nitrogens with one attached hydrogen (secondary N) is 1. The minimum absolute atomic E-state index is 0.0378. The zero-order valence-corrected chi connectivity index (χ0v) is 9.82. The van der Waals surface area contributed by atoms with Crippen LogP contribution < -0.4 is 5.56 Å². The Morgan fingerprint density at radius 1 is 1.47 bits per heavy atom. The average Bonchev–Trinajstić information content (AvgIpc) is 2.39. The van der Waals surface area contributed by atoms with E-state index in [0.29, 0.717) is 5.82 Å². The van der Waals surface area contributed by atoms with Gasteiger partial charge in [0.15, 0.2) is 0 Å². The van der Waals surface area contributed by atoms with Crippen molar-refractivity contribution in [2.45, 2.75) is 37.7 Å². The fourth-order valence-electron chi connectivity index (χ4n) is 2.37. The smallest absolute Gasteiger partial charge is 0.268 e. The number of aromatic nitrogens is 2. The molecule has 1 aliphatic rings. The van der Waals surface area contributed by atoms with E-state index in [2.05, 4.69) is 9.97 Å². The van der Waals surface area contributed by atoms with Gasteiger partial charge in [-0.1, -0.05) is 19.3 Å². The Balaban J connectivity index is 2.41. The number of aromatic amines is 1. The number of rotatable bonds is 2. The van der Waals surface area contributed by atoms with Gasteiger partial charge in [-0.15, -0.1) is 0 Å². The molecule has 2 rings (SSSR count). The molecule has 1 heterocycles. The van der Waals surface area contributed by atoms with Crippen molar-refractivity contribution < 1.29 is 4.74 Å². The summed E-state index contributed by atoms with van der Waals surface area (Å²) >= 11 is 0. The van der Waals surface area contributed by atoms with Gasteiger partial charge in [0, 0.05) is 7.11 Å². The highest BCUT2D eigenvalue weighted by molar-refractivity contribution is 5.23. The number of hydrogen-bond acceptors (Lipinski definition) is 4. The third kappa shape index (κ3) is 2.08. The molecule has 0 atom stereocenters. The van der Waals surface area contributed by atoms with Gasteiger partial charge in [0.05, 0.1) is 6.20 Å². The van der Waals surface area contributed by atoms with Gasteiger partial charge >= 0.3 is 0 Å². The van der Waals surface area contributed by atoms with Gasteiger partial charge in [0.25, 0.3) is 5.56 Å². The minimum atomic E-state index is -0.481. The van der Waals surface area contributed by atoms with Crippen LogP contribution in [0.2, 0.25) is 0 Å². The highest BCUT2D eigenvalue weighted by Gasteiger charge is 2.36. The lowest BCUT2D eigenvalue weighted by molar-refractivity contribution is -0.0516. The van der Waals surface area contributed by atoms with Crippen LogP contribution in [0, 0.1) is 11.3 Å². The molecule has 0 unspecified atom stereocenters. The topological polar surface area (TPSA) is 78.8 Å². The van der Waals surface area contributed by atoms with Gasteiger partial charge in [0.2, 0.25) is 0 Å². The maximum absolute atomic E-state index is 11.6. The van der Waals surface area contributed by atoms with E-state index in [4.69, 9.17) is 10.00 Å². The monoisotopic (exact) mass is 233 g/mol. The Kier molecular flexibility index (Phi) is 3.25. The molecule has 0 bridgehead atoms. The molecule has 1 N–H and O–H groups in total. The van der Waals surface area contributed by atoms with Crippen molar-refractivity contribution in [2.24, 2.45) is 0 Å². The Hall–Kier alpha value is -1.67. The van der Waals surface area contributed by atoms with Gasteiger partial charge < -0.3 is 9.72 Å². The SMILES string of the molecule is COC1(c2ncc(C#N)c(=O)[nH]2)CCCCC1. The number of nitrogens with zero attached hydrogens (tertiary/aromatic N) is 2. The lowest BCUT2D eigenvalue weighted by atomic mass is 9.84. The summed E-state index contributed by atoms with van der Waals surface area (Å²) in [6.45, 7) is 0. The van der Waals surface area contributed by atoms with Crippen LogP contribution >= 0.6 is 0 Å². The summed E-state index contributed by atoms with van der Waals surface area (Å²) < 4.78 is 5.58. The lowest BCUT2D eigenvalue weighted by Crippen LogP contribution is -2.35. The Bertz CT molecular complexity index is 495. The van der Waals surface area contributed by atoms with E-state index in [1.165, 1.54) is 12.6 Å². The van der Waals surface area contributed by atoms with Crippen LogP contribution in [0.4, 0.5) is 0 Å². The lowest BCUT2D eigenvalue weighted by Gasteiger charge is -2.34. The Morgan fingerprint density at radius 2 is 2.18 bits per heavy atom. The first-order valence-corrected chi connectivity index (χ1v) is 5.77. The van der Waals surface area contributed by atoms with Crippen LogP contribution in [-0.2, 0) is 10.3 Å². The van der Waals surface area contributed by atoms with Crippen molar-refractivity contribution in [1.82, 2.24) is 9.97 Å². The number of ether oxygens (including phenoxy) is 1. The van der Waals surface area contributed by atoms with Crippen molar-refractivity contribution in [3.05, 3.63) is 27.9 Å². The predicted molar refractivity (Wildman–Crippen MR) is 61.3 cm³/mol. The second kappa shape index (κ2) is 4.68. The zero-order chi connectivity index (χ0) is 12.3. The number of hydrogen-bond donors (Lipinski definition) is 1. The molecule has 5 heteroatoms. The van der Waals surface area contributed by atoms with Gasteiger partial charge in [-0.25, -0.2) is 4.98 Å². The maximum atomic E-state index is 11.6. The van der Waals surface area contributed by atoms with Crippen LogP contribution in [0.3, 0.4) is 0 Å². The molecule has 0 radical (unpaired) electrons. The summed E-state index contributed by atoms with van der Waals surface area (Å²) in [7, 11) is 1.64. The standard InChI is InChI=1S/C12H15N3O2/c1-17-12(5-3-2-4-6-12)11-14-8-9(7-13)10(16)15-11/h8H,2-6H2,1H3,(H,14,15,16). The van der Waals surface area contributed by atoms with Gasteiger partial charge in [-0.3, -0.25) is 4.79 Å². The predicted octanol–water partition coefficient (Wildman–Crippen LogP) is 1.45. The van der Waals surface area contributed by atoms with E-state index < -0.39 is 5.60 Å². The Labute approximate surface area is 99.5 Å². The number of H-pyrrole nitrogens is 1. The molecule has 0 aliphatic heterocycles. The molecule has 0 spiro atoms. The Morgan fingerprint density at radius 3 is 2.71 bits per heavy atom. The second-order valence-electron chi connectivity index (χ2n) is 4.35. The average molecular weight is 233 g/mol. The van der Waals surface area contributed by atoms with E-state index in [0.717, 1.165) is 25.7 Å². The van der Waals surface area contributed by atoms with Crippen molar-refractivity contribution >= 4 is 0 Å². The van der Waals surface area contributed by atoms with Crippen LogP contribution in [-0.4, -0.2) is 17.1 Å².